The monoisotopic (exact) mass is 1590 g/mol. The molecule has 1 saturated heterocycles. The number of carbonyl (C=O) groups is 1. The standard InChI is InChI=1S/C26H24N4O4.C17H15ClN4O2.C16H21BO6.CO2.CH4.S13/c1-12-6-7-16(25-24(12)32-8-9-33-25)23-22-17-11-20(31-5)18(21-13(2)30-34-14(21)3)10-19(17)29-26(22)28-15(4)27-23;1-7-14(8(2)24-22-7)11-5-12-10(6-13(11)23-4)15-16(18)19-9(3)20-17(15)21-12;1-15(2)16(3,4)23-17(22-15)11-7-6-10(14(18)19-5)12-13(11)21-9-8-20-12;2-1-3;;1-3-5-7-9-11-13-12-10-8-6-4-2/h6-7,10-11H,8-9H2,1-5H3,(H,27,28,29);5-6H,1-4H3,(H,19,20,21);6-7H,8-9H2,1-5H3;;1H4;. The maximum atomic E-state index is 11.9. The number of H-pyrrole nitrogens is 2. The van der Waals surface area contributed by atoms with Crippen molar-refractivity contribution >= 4 is 200 Å². The van der Waals surface area contributed by atoms with Gasteiger partial charge in [-0.05, 0) is 118 Å². The van der Waals surface area contributed by atoms with E-state index in [1.165, 1.54) is 24.9 Å². The predicted molar refractivity (Wildman–Crippen MR) is 413 cm³/mol. The van der Waals surface area contributed by atoms with Gasteiger partial charge in [0.1, 0.15) is 83.1 Å². The first-order valence-electron chi connectivity index (χ1n) is 28.7. The Labute approximate surface area is 610 Å². The molecule has 3 aliphatic heterocycles. The lowest BCUT2D eigenvalue weighted by Gasteiger charge is -2.32. The lowest BCUT2D eigenvalue weighted by Crippen LogP contribution is -2.41. The van der Waals surface area contributed by atoms with Gasteiger partial charge in [0.25, 0.3) is 0 Å². The van der Waals surface area contributed by atoms with E-state index in [0.717, 1.165) is 123 Å². The number of hydrogen-bond acceptors (Lipinski definition) is 22. The predicted octanol–water partition coefficient (Wildman–Crippen LogP) is 11.4. The van der Waals surface area contributed by atoms with Crippen LogP contribution in [0.4, 0.5) is 0 Å². The van der Waals surface area contributed by atoms with E-state index >= 15 is 0 Å². The third kappa shape index (κ3) is 17.2. The number of carbonyl (C=O) groups excluding carboxylic acids is 3. The van der Waals surface area contributed by atoms with Gasteiger partial charge in [-0.2, -0.15) is 9.59 Å². The van der Waals surface area contributed by atoms with E-state index in [-0.39, 0.29) is 13.6 Å². The van der Waals surface area contributed by atoms with Gasteiger partial charge in [0.05, 0.1) is 71.5 Å². The number of nitrogens with zero attached hydrogens (tertiary/aromatic N) is 6. The smallest absolute Gasteiger partial charge is 0.496 e. The summed E-state index contributed by atoms with van der Waals surface area (Å²) >= 11 is 15.7. The van der Waals surface area contributed by atoms with Crippen LogP contribution in [-0.2, 0) is 144 Å². The number of aryl methyl sites for hydroxylation is 7. The number of methoxy groups -OCH3 is 3. The average molecular weight is 1600 g/mol. The van der Waals surface area contributed by atoms with Crippen molar-refractivity contribution in [3.05, 3.63) is 99.4 Å². The van der Waals surface area contributed by atoms with Crippen molar-refractivity contribution in [2.24, 2.45) is 0 Å². The molecule has 37 heteroatoms. The fourth-order valence-corrected chi connectivity index (χ4v) is 35.6. The molecular formula is C61H64BClN8O14S13. The quantitative estimate of drug-likeness (QED) is 0.0852. The molecule has 22 nitrogen and oxygen atoms in total. The maximum absolute atomic E-state index is 11.9. The summed E-state index contributed by atoms with van der Waals surface area (Å²) in [6.07, 6.45) is 0.250. The molecule has 2 N–H and O–H groups in total. The van der Waals surface area contributed by atoms with Crippen LogP contribution in [-0.4, -0.2) is 118 Å². The third-order valence-corrected chi connectivity index (χ3v) is 37.9. The van der Waals surface area contributed by atoms with Crippen molar-refractivity contribution in [2.75, 3.05) is 47.8 Å². The summed E-state index contributed by atoms with van der Waals surface area (Å²) in [7, 11) is 22.2. The summed E-state index contributed by atoms with van der Waals surface area (Å²) in [6.45, 7) is 23.1. The molecule has 10 aromatic rings. The molecule has 0 aliphatic carbocycles. The number of halogens is 1. The van der Waals surface area contributed by atoms with E-state index in [1.807, 2.05) is 106 Å². The molecular weight excluding hydrogens is 1530 g/mol. The Morgan fingerprint density at radius 1 is 0.582 bits per heavy atom. The third-order valence-electron chi connectivity index (χ3n) is 15.4. The Morgan fingerprint density at radius 2 is 1.03 bits per heavy atom. The Balaban J connectivity index is 0.000000171. The number of fused-ring (bicyclic) bond motifs is 8. The number of hydrogen-bond donors (Lipinski definition) is 2. The van der Waals surface area contributed by atoms with Gasteiger partial charge in [0, 0.05) is 164 Å². The van der Waals surface area contributed by atoms with Crippen molar-refractivity contribution in [3.8, 4) is 68.0 Å². The van der Waals surface area contributed by atoms with Crippen LogP contribution in [0.3, 0.4) is 0 Å². The molecule has 13 rings (SSSR count). The second-order valence-corrected chi connectivity index (χ2v) is 41.5. The molecule has 1 fully saturated rings. The molecule has 0 spiro atoms. The van der Waals surface area contributed by atoms with Crippen LogP contribution >= 0.6 is 11.6 Å². The summed E-state index contributed by atoms with van der Waals surface area (Å²) in [5.74, 6) is 6.11. The van der Waals surface area contributed by atoms with Crippen molar-refractivity contribution in [1.29, 1.82) is 0 Å². The van der Waals surface area contributed by atoms with E-state index in [1.54, 1.807) is 106 Å². The molecule has 0 unspecified atom stereocenters. The molecule has 0 saturated carbocycles. The molecule has 98 heavy (non-hydrogen) atoms. The fraction of sp³-hybridized carbons (Fsp3) is 0.344. The van der Waals surface area contributed by atoms with Crippen LogP contribution in [0, 0.1) is 48.5 Å². The SMILES string of the molecule is C.COC(=O)c1ccc(B2OC(C)(C)C(C)(C)O2)c2c1OCCO2.COc1cc2c(cc1-c1c(C)noc1C)[nH]c1nc(C)nc(-c3ccc(C)c4c3OCCO4)c12.COc1cc2c(cc1-c1c(C)noc1C)[nH]c1nc(C)nc(Cl)c12.O=C=O.S=S=S=S=S=S=S=S=S=S=S=S=S. The Hall–Kier alpha value is -6.16. The van der Waals surface area contributed by atoms with Gasteiger partial charge in [-0.15, -0.1) is 0 Å². The zero-order chi connectivity index (χ0) is 69.9. The van der Waals surface area contributed by atoms with E-state index in [0.29, 0.717) is 71.4 Å². The first kappa shape index (κ1) is 77.6. The van der Waals surface area contributed by atoms with Gasteiger partial charge >= 0.3 is 19.2 Å². The van der Waals surface area contributed by atoms with Gasteiger partial charge < -0.3 is 61.5 Å². The number of ether oxygens (including phenoxy) is 7. The molecule has 9 heterocycles. The van der Waals surface area contributed by atoms with Crippen molar-refractivity contribution in [1.82, 2.24) is 40.2 Å². The van der Waals surface area contributed by atoms with Crippen LogP contribution in [0.15, 0.2) is 57.6 Å². The van der Waals surface area contributed by atoms with E-state index in [2.05, 4.69) is 36.3 Å². The first-order chi connectivity index (χ1) is 46.5. The van der Waals surface area contributed by atoms with Crippen molar-refractivity contribution < 1.29 is 65.9 Å². The number of aromatic amines is 2. The van der Waals surface area contributed by atoms with Crippen LogP contribution in [0.1, 0.15) is 85.6 Å². The lowest BCUT2D eigenvalue weighted by molar-refractivity contribution is -0.191. The number of aromatic nitrogens is 8. The molecule has 6 aromatic heterocycles. The van der Waals surface area contributed by atoms with Gasteiger partial charge in [-0.3, -0.25) is 0 Å². The lowest BCUT2D eigenvalue weighted by atomic mass is 9.77. The molecule has 0 atom stereocenters. The van der Waals surface area contributed by atoms with Gasteiger partial charge in [-0.1, -0.05) is 41.5 Å². The van der Waals surface area contributed by atoms with Crippen LogP contribution in [0.5, 0.6) is 34.5 Å². The normalized spacial score (nSPS) is 13.4. The van der Waals surface area contributed by atoms with Crippen LogP contribution in [0.25, 0.3) is 77.4 Å². The fourth-order valence-electron chi connectivity index (χ4n) is 10.6. The summed E-state index contributed by atoms with van der Waals surface area (Å²) in [5, 5.41) is 12.2. The van der Waals surface area contributed by atoms with Gasteiger partial charge in [0.15, 0.2) is 23.0 Å². The average Bonchev–Trinajstić information content (AvgIpc) is 1.56. The number of rotatable bonds is 7. The largest absolute Gasteiger partial charge is 0.498 e. The zero-order valence-electron chi connectivity index (χ0n) is 54.1. The van der Waals surface area contributed by atoms with E-state index < -0.39 is 24.3 Å². The molecule has 4 aromatic carbocycles. The molecule has 520 valence electrons. The van der Waals surface area contributed by atoms with E-state index in [9.17, 15) is 4.79 Å². The molecule has 0 bridgehead atoms. The summed E-state index contributed by atoms with van der Waals surface area (Å²) < 4.78 is 62.4. The van der Waals surface area contributed by atoms with Gasteiger partial charge in [0.2, 0.25) is 0 Å². The summed E-state index contributed by atoms with van der Waals surface area (Å²) in [6, 6.07) is 15.5. The van der Waals surface area contributed by atoms with Crippen LogP contribution < -0.4 is 33.9 Å². The highest BCUT2D eigenvalue weighted by Gasteiger charge is 2.53. The second-order valence-electron chi connectivity index (χ2n) is 21.7. The second kappa shape index (κ2) is 35.0. The topological polar surface area (TPSA) is 269 Å². The Bertz CT molecular complexity index is 5200. The number of nitrogens with one attached hydrogen (secondary N) is 2. The molecule has 0 amide bonds. The van der Waals surface area contributed by atoms with Crippen LogP contribution in [0.2, 0.25) is 5.15 Å². The summed E-state index contributed by atoms with van der Waals surface area (Å²) in [5.41, 5.74) is 11.4. The molecule has 3 aliphatic rings. The Morgan fingerprint density at radius 3 is 1.50 bits per heavy atom. The minimum atomic E-state index is -0.581. The first-order valence-corrected chi connectivity index (χ1v) is 45.0. The van der Waals surface area contributed by atoms with Crippen molar-refractivity contribution in [3.63, 3.8) is 0 Å². The highest BCUT2D eigenvalue weighted by atomic mass is 35.5. The highest BCUT2D eigenvalue weighted by molar-refractivity contribution is 8.75. The number of esters is 1. The minimum Gasteiger partial charge on any atom is -0.496 e. The summed E-state index contributed by atoms with van der Waals surface area (Å²) in [4.78, 5) is 53.2. The highest BCUT2D eigenvalue weighted by Crippen LogP contribution is 2.47. The molecule has 0 radical (unpaired) electrons. The van der Waals surface area contributed by atoms with Crippen molar-refractivity contribution in [2.45, 2.75) is 94.8 Å². The number of benzene rings is 4. The van der Waals surface area contributed by atoms with Gasteiger partial charge in [-0.25, -0.2) is 24.7 Å². The maximum Gasteiger partial charge on any atom is 0.498 e. The minimum absolute atomic E-state index is 0. The Kier molecular flexibility index (Phi) is 27.7. The zero-order valence-corrected chi connectivity index (χ0v) is 65.5. The van der Waals surface area contributed by atoms with E-state index in [4.69, 9.17) is 105 Å².